The Labute approximate surface area is 122 Å². The highest BCUT2D eigenvalue weighted by Crippen LogP contribution is 2.29. The van der Waals surface area contributed by atoms with Crippen LogP contribution in [0, 0.1) is 0 Å². The molecule has 0 fully saturated rings. The molecule has 2 aromatic rings. The zero-order valence-corrected chi connectivity index (χ0v) is 12.4. The molecule has 20 heavy (non-hydrogen) atoms. The Morgan fingerprint density at radius 1 is 1.40 bits per heavy atom. The maximum absolute atomic E-state index is 12.3. The first-order chi connectivity index (χ1) is 9.74. The molecular weight excluding hydrogens is 270 g/mol. The minimum absolute atomic E-state index is 0.0248. The number of aromatic nitrogens is 2. The van der Waals surface area contributed by atoms with Crippen LogP contribution >= 0.6 is 11.3 Å². The minimum atomic E-state index is -0.0249. The van der Waals surface area contributed by atoms with E-state index >= 15 is 0 Å². The molecule has 4 nitrogen and oxygen atoms in total. The predicted molar refractivity (Wildman–Crippen MR) is 80.0 cm³/mol. The van der Waals surface area contributed by atoms with Crippen LogP contribution in [0.15, 0.2) is 18.5 Å². The Morgan fingerprint density at radius 3 is 3.05 bits per heavy atom. The molecule has 0 radical (unpaired) electrons. The Morgan fingerprint density at radius 2 is 2.25 bits per heavy atom. The zero-order chi connectivity index (χ0) is 13.9. The summed E-state index contributed by atoms with van der Waals surface area (Å²) in [5.41, 5.74) is 2.38. The van der Waals surface area contributed by atoms with Gasteiger partial charge in [-0.1, -0.05) is 6.42 Å². The number of hydrogen-bond donors (Lipinski definition) is 2. The first-order valence-electron chi connectivity index (χ1n) is 7.15. The number of carbonyl (C=O) groups is 1. The number of amides is 1. The second-order valence-electron chi connectivity index (χ2n) is 5.35. The highest BCUT2D eigenvalue weighted by molar-refractivity contribution is 7.14. The van der Waals surface area contributed by atoms with Crippen molar-refractivity contribution in [1.82, 2.24) is 15.5 Å². The van der Waals surface area contributed by atoms with Crippen molar-refractivity contribution in [2.24, 2.45) is 0 Å². The van der Waals surface area contributed by atoms with E-state index in [0.29, 0.717) is 0 Å². The first kappa shape index (κ1) is 13.4. The number of H-pyrrole nitrogens is 1. The van der Waals surface area contributed by atoms with Gasteiger partial charge in [-0.05, 0) is 44.2 Å². The fourth-order valence-electron chi connectivity index (χ4n) is 2.63. The molecule has 1 aliphatic carbocycles. The largest absolute Gasteiger partial charge is 0.345 e. The van der Waals surface area contributed by atoms with E-state index < -0.39 is 0 Å². The van der Waals surface area contributed by atoms with Gasteiger partial charge in [0.2, 0.25) is 0 Å². The van der Waals surface area contributed by atoms with E-state index in [1.165, 1.54) is 29.7 Å². The number of thiophene rings is 1. The Bertz CT molecular complexity index is 565. The van der Waals surface area contributed by atoms with Crippen LogP contribution in [0.1, 0.15) is 57.9 Å². The summed E-state index contributed by atoms with van der Waals surface area (Å²) in [6, 6.07) is 2.06. The summed E-state index contributed by atoms with van der Waals surface area (Å²) >= 11 is 1.66. The van der Waals surface area contributed by atoms with E-state index in [1.54, 1.807) is 17.5 Å². The van der Waals surface area contributed by atoms with Crippen molar-refractivity contribution in [1.29, 1.82) is 0 Å². The molecule has 1 unspecified atom stereocenters. The molecule has 0 spiro atoms. The summed E-state index contributed by atoms with van der Waals surface area (Å²) in [5.74, 6) is 0.0248. The number of nitrogens with zero attached hydrogens (tertiary/aromatic N) is 1. The second kappa shape index (κ2) is 5.79. The average Bonchev–Trinajstić information content (AvgIpc) is 3.05. The zero-order valence-electron chi connectivity index (χ0n) is 11.6. The molecule has 5 heteroatoms. The van der Waals surface area contributed by atoms with Crippen molar-refractivity contribution in [3.63, 3.8) is 0 Å². The quantitative estimate of drug-likeness (QED) is 0.852. The lowest BCUT2D eigenvalue weighted by Gasteiger charge is -2.10. The lowest BCUT2D eigenvalue weighted by Crippen LogP contribution is -2.25. The van der Waals surface area contributed by atoms with Crippen LogP contribution in [-0.4, -0.2) is 16.1 Å². The molecule has 106 valence electrons. The van der Waals surface area contributed by atoms with Gasteiger partial charge in [0.05, 0.1) is 17.1 Å². The van der Waals surface area contributed by atoms with Gasteiger partial charge in [0.15, 0.2) is 0 Å². The summed E-state index contributed by atoms with van der Waals surface area (Å²) in [6.07, 6.45) is 9.61. The third-order valence-corrected chi connectivity index (χ3v) is 5.07. The fourth-order valence-corrected chi connectivity index (χ4v) is 3.78. The van der Waals surface area contributed by atoms with E-state index in [9.17, 15) is 4.79 Å². The number of fused-ring (bicyclic) bond motifs is 1. The summed E-state index contributed by atoms with van der Waals surface area (Å²) in [6.45, 7) is 1.97. The lowest BCUT2D eigenvalue weighted by molar-refractivity contribution is 0.0944. The number of nitrogens with one attached hydrogen (secondary N) is 2. The molecule has 0 bridgehead atoms. The summed E-state index contributed by atoms with van der Waals surface area (Å²) < 4.78 is 0. The molecular formula is C15H19N3OS. The molecule has 2 heterocycles. The summed E-state index contributed by atoms with van der Waals surface area (Å²) in [5, 5.41) is 9.72. The molecule has 0 aromatic carbocycles. The Hall–Kier alpha value is -1.62. The van der Waals surface area contributed by atoms with Crippen LogP contribution in [0.2, 0.25) is 0 Å². The predicted octanol–water partition coefficient (Wildman–Crippen LogP) is 3.23. The highest BCUT2D eigenvalue weighted by atomic mass is 32.1. The molecule has 0 saturated heterocycles. The SMILES string of the molecule is CC(NC(=O)c1cc2c(s1)CCCCC2)c1cn[nH]c1. The number of rotatable bonds is 3. The summed E-state index contributed by atoms with van der Waals surface area (Å²) in [7, 11) is 0. The van der Waals surface area contributed by atoms with Gasteiger partial charge in [0.1, 0.15) is 0 Å². The van der Waals surface area contributed by atoms with Gasteiger partial charge >= 0.3 is 0 Å². The van der Waals surface area contributed by atoms with Crippen LogP contribution in [0.3, 0.4) is 0 Å². The third-order valence-electron chi connectivity index (χ3n) is 3.84. The van der Waals surface area contributed by atoms with E-state index in [4.69, 9.17) is 0 Å². The molecule has 2 aromatic heterocycles. The van der Waals surface area contributed by atoms with Gasteiger partial charge < -0.3 is 5.32 Å². The number of aromatic amines is 1. The van der Waals surface area contributed by atoms with Crippen molar-refractivity contribution < 1.29 is 4.79 Å². The molecule has 1 aliphatic rings. The average molecular weight is 289 g/mol. The smallest absolute Gasteiger partial charge is 0.261 e. The van der Waals surface area contributed by atoms with Crippen molar-refractivity contribution in [3.8, 4) is 0 Å². The lowest BCUT2D eigenvalue weighted by atomic mass is 10.1. The summed E-state index contributed by atoms with van der Waals surface area (Å²) in [4.78, 5) is 14.6. The van der Waals surface area contributed by atoms with Crippen molar-refractivity contribution in [2.75, 3.05) is 0 Å². The molecule has 0 aliphatic heterocycles. The van der Waals surface area contributed by atoms with Crippen molar-refractivity contribution in [2.45, 2.75) is 45.1 Å². The molecule has 0 saturated carbocycles. The van der Waals surface area contributed by atoms with Crippen LogP contribution in [0.4, 0.5) is 0 Å². The second-order valence-corrected chi connectivity index (χ2v) is 6.48. The standard InChI is InChI=1S/C15H19N3OS/c1-10(12-8-16-17-9-12)18-15(19)14-7-11-5-3-2-4-6-13(11)20-14/h7-10H,2-6H2,1H3,(H,16,17)(H,18,19). The number of carbonyl (C=O) groups excluding carboxylic acids is 1. The molecule has 1 atom stereocenters. The normalized spacial score (nSPS) is 16.2. The maximum atomic E-state index is 12.3. The minimum Gasteiger partial charge on any atom is -0.345 e. The van der Waals surface area contributed by atoms with E-state index in [1.807, 2.05) is 13.1 Å². The van der Waals surface area contributed by atoms with Gasteiger partial charge in [-0.3, -0.25) is 9.89 Å². The monoisotopic (exact) mass is 289 g/mol. The van der Waals surface area contributed by atoms with Crippen molar-refractivity contribution >= 4 is 17.2 Å². The van der Waals surface area contributed by atoms with E-state index in [-0.39, 0.29) is 11.9 Å². The Balaban J connectivity index is 1.71. The molecule has 1 amide bonds. The van der Waals surface area contributed by atoms with Gasteiger partial charge in [-0.15, -0.1) is 11.3 Å². The highest BCUT2D eigenvalue weighted by Gasteiger charge is 2.18. The fraction of sp³-hybridized carbons (Fsp3) is 0.467. The molecule has 2 N–H and O–H groups in total. The van der Waals surface area contributed by atoms with E-state index in [2.05, 4.69) is 21.6 Å². The van der Waals surface area contributed by atoms with Crippen molar-refractivity contribution in [3.05, 3.63) is 39.3 Å². The first-order valence-corrected chi connectivity index (χ1v) is 7.97. The van der Waals surface area contributed by atoms with Crippen LogP contribution in [0.5, 0.6) is 0 Å². The molecule has 3 rings (SSSR count). The third kappa shape index (κ3) is 2.77. The van der Waals surface area contributed by atoms with Crippen LogP contribution in [-0.2, 0) is 12.8 Å². The van der Waals surface area contributed by atoms with E-state index in [0.717, 1.165) is 23.3 Å². The van der Waals surface area contributed by atoms with Crippen LogP contribution in [0.25, 0.3) is 0 Å². The number of aryl methyl sites for hydroxylation is 2. The Kier molecular flexibility index (Phi) is 3.87. The van der Waals surface area contributed by atoms with Gasteiger partial charge in [-0.2, -0.15) is 5.10 Å². The maximum Gasteiger partial charge on any atom is 0.261 e. The van der Waals surface area contributed by atoms with Gasteiger partial charge in [0, 0.05) is 16.6 Å². The van der Waals surface area contributed by atoms with Gasteiger partial charge in [-0.25, -0.2) is 0 Å². The van der Waals surface area contributed by atoms with Gasteiger partial charge in [0.25, 0.3) is 5.91 Å². The topological polar surface area (TPSA) is 57.8 Å². The number of hydrogen-bond acceptors (Lipinski definition) is 3. The van der Waals surface area contributed by atoms with Crippen LogP contribution < -0.4 is 5.32 Å².